The van der Waals surface area contributed by atoms with E-state index in [4.69, 9.17) is 27.9 Å². The van der Waals surface area contributed by atoms with Crippen molar-refractivity contribution in [2.24, 2.45) is 0 Å². The molecule has 1 amide bonds. The van der Waals surface area contributed by atoms with Crippen molar-refractivity contribution in [1.29, 1.82) is 0 Å². The van der Waals surface area contributed by atoms with E-state index >= 15 is 0 Å². The maximum atomic E-state index is 13.5. The average Bonchev–Trinajstić information content (AvgIpc) is 2.67. The second-order valence-corrected chi connectivity index (χ2v) is 8.84. The van der Waals surface area contributed by atoms with Crippen molar-refractivity contribution in [3.63, 3.8) is 0 Å². The molecule has 1 aliphatic heterocycles. The van der Waals surface area contributed by atoms with Gasteiger partial charge in [-0.2, -0.15) is 4.31 Å². The average molecular weight is 447 g/mol. The SMILES string of the molecule is CN(C(=O)c1cc(S(=O)(=O)N2CCOCC2)c(Cl)cc1Cl)c1cccc(F)c1. The fourth-order valence-electron chi connectivity index (χ4n) is 2.80. The maximum Gasteiger partial charge on any atom is 0.259 e. The van der Waals surface area contributed by atoms with Crippen LogP contribution < -0.4 is 4.90 Å². The third-order valence-corrected chi connectivity index (χ3v) is 7.02. The van der Waals surface area contributed by atoms with Crippen molar-refractivity contribution in [2.75, 3.05) is 38.3 Å². The fourth-order valence-corrected chi connectivity index (χ4v) is 5.04. The molecule has 0 saturated carbocycles. The number of hydrogen-bond donors (Lipinski definition) is 0. The molecule has 0 radical (unpaired) electrons. The van der Waals surface area contributed by atoms with Crippen LogP contribution in [-0.4, -0.2) is 52.0 Å². The summed E-state index contributed by atoms with van der Waals surface area (Å²) in [5, 5.41) is -0.0827. The molecule has 1 heterocycles. The van der Waals surface area contributed by atoms with E-state index in [-0.39, 0.29) is 46.8 Å². The topological polar surface area (TPSA) is 66.9 Å². The van der Waals surface area contributed by atoms with Crippen LogP contribution in [0.2, 0.25) is 10.0 Å². The highest BCUT2D eigenvalue weighted by atomic mass is 35.5. The van der Waals surface area contributed by atoms with Crippen molar-refractivity contribution in [2.45, 2.75) is 4.90 Å². The number of hydrogen-bond acceptors (Lipinski definition) is 4. The molecule has 10 heteroatoms. The number of amides is 1. The first-order valence-corrected chi connectivity index (χ1v) is 10.5. The highest BCUT2D eigenvalue weighted by Crippen LogP contribution is 2.32. The summed E-state index contributed by atoms with van der Waals surface area (Å²) in [5.74, 6) is -1.10. The molecule has 0 atom stereocenters. The van der Waals surface area contributed by atoms with Crippen LogP contribution in [-0.2, 0) is 14.8 Å². The lowest BCUT2D eigenvalue weighted by Gasteiger charge is -2.27. The van der Waals surface area contributed by atoms with Crippen molar-refractivity contribution in [3.8, 4) is 0 Å². The van der Waals surface area contributed by atoms with E-state index in [1.54, 1.807) is 6.07 Å². The molecule has 0 aliphatic carbocycles. The quantitative estimate of drug-likeness (QED) is 0.721. The van der Waals surface area contributed by atoms with E-state index in [1.165, 1.54) is 40.5 Å². The van der Waals surface area contributed by atoms with Crippen LogP contribution in [0, 0.1) is 5.82 Å². The Morgan fingerprint density at radius 1 is 1.14 bits per heavy atom. The molecule has 28 heavy (non-hydrogen) atoms. The molecule has 0 bridgehead atoms. The second-order valence-electron chi connectivity index (χ2n) is 6.12. The molecule has 0 N–H and O–H groups in total. The Bertz CT molecular complexity index is 1010. The lowest BCUT2D eigenvalue weighted by atomic mass is 10.2. The molecule has 0 spiro atoms. The number of benzene rings is 2. The fraction of sp³-hybridized carbons (Fsp3) is 0.278. The standard InChI is InChI=1S/C18H17Cl2FN2O4S/c1-22(13-4-2-3-12(21)9-13)18(24)14-10-17(16(20)11-15(14)19)28(25,26)23-5-7-27-8-6-23/h2-4,9-11H,5-8H2,1H3. The third kappa shape index (κ3) is 4.16. The highest BCUT2D eigenvalue weighted by molar-refractivity contribution is 7.89. The molecule has 150 valence electrons. The molecule has 1 saturated heterocycles. The van der Waals surface area contributed by atoms with E-state index in [0.717, 1.165) is 6.07 Å². The van der Waals surface area contributed by atoms with Gasteiger partial charge in [0, 0.05) is 25.8 Å². The van der Waals surface area contributed by atoms with Crippen LogP contribution in [0.5, 0.6) is 0 Å². The van der Waals surface area contributed by atoms with Crippen molar-refractivity contribution in [3.05, 3.63) is 57.8 Å². The number of sulfonamides is 1. The van der Waals surface area contributed by atoms with Gasteiger partial charge in [0.1, 0.15) is 10.7 Å². The van der Waals surface area contributed by atoms with Crippen LogP contribution in [0.1, 0.15) is 10.4 Å². The molecule has 6 nitrogen and oxygen atoms in total. The minimum absolute atomic E-state index is 0.000759. The Morgan fingerprint density at radius 3 is 2.46 bits per heavy atom. The number of carbonyl (C=O) groups excluding carboxylic acids is 1. The van der Waals surface area contributed by atoms with Gasteiger partial charge < -0.3 is 9.64 Å². The van der Waals surface area contributed by atoms with Crippen molar-refractivity contribution < 1.29 is 22.3 Å². The zero-order valence-corrected chi connectivity index (χ0v) is 17.2. The molecule has 0 aromatic heterocycles. The number of halogens is 3. The molecule has 3 rings (SSSR count). The zero-order chi connectivity index (χ0) is 20.5. The first-order valence-electron chi connectivity index (χ1n) is 8.32. The van der Waals surface area contributed by atoms with Crippen molar-refractivity contribution >= 4 is 44.8 Å². The molecule has 2 aromatic carbocycles. The summed E-state index contributed by atoms with van der Waals surface area (Å²) in [6, 6.07) is 7.84. The van der Waals surface area contributed by atoms with E-state index in [2.05, 4.69) is 0 Å². The monoisotopic (exact) mass is 446 g/mol. The zero-order valence-electron chi connectivity index (χ0n) is 14.9. The number of ether oxygens (including phenoxy) is 1. The first kappa shape index (κ1) is 21.0. The summed E-state index contributed by atoms with van der Waals surface area (Å²) in [4.78, 5) is 13.9. The number of rotatable bonds is 4. The third-order valence-electron chi connectivity index (χ3n) is 4.34. The molecule has 2 aromatic rings. The lowest BCUT2D eigenvalue weighted by molar-refractivity contribution is 0.0730. The van der Waals surface area contributed by atoms with Crippen LogP contribution >= 0.6 is 23.2 Å². The molecule has 0 unspecified atom stereocenters. The highest BCUT2D eigenvalue weighted by Gasteiger charge is 2.30. The van der Waals surface area contributed by atoms with Gasteiger partial charge in [-0.25, -0.2) is 12.8 Å². The van der Waals surface area contributed by atoms with E-state index < -0.39 is 21.7 Å². The summed E-state index contributed by atoms with van der Waals surface area (Å²) in [5.41, 5.74) is 0.248. The van der Waals surface area contributed by atoms with Gasteiger partial charge in [-0.15, -0.1) is 0 Å². The van der Waals surface area contributed by atoms with Gasteiger partial charge in [0.25, 0.3) is 5.91 Å². The van der Waals surface area contributed by atoms with E-state index in [0.29, 0.717) is 5.69 Å². The Morgan fingerprint density at radius 2 is 1.82 bits per heavy atom. The number of morpholine rings is 1. The minimum Gasteiger partial charge on any atom is -0.379 e. The van der Waals surface area contributed by atoms with Gasteiger partial charge in [-0.3, -0.25) is 4.79 Å². The second kappa shape index (κ2) is 8.34. The molecule has 1 aliphatic rings. The van der Waals surface area contributed by atoms with Crippen LogP contribution in [0.3, 0.4) is 0 Å². The molecular formula is C18H17Cl2FN2O4S. The summed E-state index contributed by atoms with van der Waals surface area (Å²) in [7, 11) is -2.49. The minimum atomic E-state index is -3.93. The van der Waals surface area contributed by atoms with Gasteiger partial charge in [0.15, 0.2) is 0 Å². The lowest BCUT2D eigenvalue weighted by Crippen LogP contribution is -2.40. The smallest absolute Gasteiger partial charge is 0.259 e. The Balaban J connectivity index is 2.00. The predicted octanol–water partition coefficient (Wildman–Crippen LogP) is 3.43. The van der Waals surface area contributed by atoms with E-state index in [9.17, 15) is 17.6 Å². The summed E-state index contributed by atoms with van der Waals surface area (Å²) < 4.78 is 45.8. The Hall–Kier alpha value is -1.71. The first-order chi connectivity index (χ1) is 13.2. The van der Waals surface area contributed by atoms with Gasteiger partial charge in [-0.1, -0.05) is 29.3 Å². The van der Waals surface area contributed by atoms with Gasteiger partial charge in [0.2, 0.25) is 10.0 Å². The van der Waals surface area contributed by atoms with Gasteiger partial charge in [-0.05, 0) is 30.3 Å². The normalized spacial score (nSPS) is 15.4. The number of carbonyl (C=O) groups is 1. The van der Waals surface area contributed by atoms with Crippen LogP contribution in [0.25, 0.3) is 0 Å². The summed E-state index contributed by atoms with van der Waals surface area (Å²) in [6.45, 7) is 0.929. The number of nitrogens with zero attached hydrogens (tertiary/aromatic N) is 2. The van der Waals surface area contributed by atoms with Crippen LogP contribution in [0.4, 0.5) is 10.1 Å². The van der Waals surface area contributed by atoms with Crippen molar-refractivity contribution in [1.82, 2.24) is 4.31 Å². The summed E-state index contributed by atoms with van der Waals surface area (Å²) in [6.07, 6.45) is 0. The Kier molecular flexibility index (Phi) is 6.26. The maximum absolute atomic E-state index is 13.5. The van der Waals surface area contributed by atoms with E-state index in [1.807, 2.05) is 0 Å². The Labute approximate surface area is 172 Å². The predicted molar refractivity (Wildman–Crippen MR) is 105 cm³/mol. The number of anilines is 1. The molecular weight excluding hydrogens is 430 g/mol. The van der Waals surface area contributed by atoms with Gasteiger partial charge >= 0.3 is 0 Å². The van der Waals surface area contributed by atoms with Crippen LogP contribution in [0.15, 0.2) is 41.3 Å². The molecule has 1 fully saturated rings. The van der Waals surface area contributed by atoms with Gasteiger partial charge in [0.05, 0.1) is 28.8 Å². The largest absolute Gasteiger partial charge is 0.379 e. The summed E-state index contributed by atoms with van der Waals surface area (Å²) >= 11 is 12.3.